The summed E-state index contributed by atoms with van der Waals surface area (Å²) in [4.78, 5) is 0. The number of nitrogens with two attached hydrogens (primary N) is 1. The molecule has 1 aromatic carbocycles. The van der Waals surface area contributed by atoms with E-state index in [1.807, 2.05) is 0 Å². The largest absolute Gasteiger partial charge is 0.379 e. The summed E-state index contributed by atoms with van der Waals surface area (Å²) in [6.45, 7) is 4.85. The molecular formula is C13H19F2NO. The maximum Gasteiger partial charge on any atom is 0.130 e. The van der Waals surface area contributed by atoms with Crippen molar-refractivity contribution in [3.8, 4) is 0 Å². The zero-order valence-electron chi connectivity index (χ0n) is 10.2. The summed E-state index contributed by atoms with van der Waals surface area (Å²) >= 11 is 0. The molecule has 4 heteroatoms. The molecule has 1 aromatic rings. The van der Waals surface area contributed by atoms with Gasteiger partial charge >= 0.3 is 0 Å². The molecule has 1 unspecified atom stereocenters. The smallest absolute Gasteiger partial charge is 0.130 e. The molecule has 0 aliphatic carbocycles. The zero-order chi connectivity index (χ0) is 12.8. The fourth-order valence-electron chi connectivity index (χ4n) is 1.48. The van der Waals surface area contributed by atoms with Crippen molar-refractivity contribution in [3.05, 3.63) is 35.4 Å². The minimum Gasteiger partial charge on any atom is -0.379 e. The third-order valence-electron chi connectivity index (χ3n) is 2.51. The van der Waals surface area contributed by atoms with Crippen LogP contribution < -0.4 is 5.73 Å². The van der Waals surface area contributed by atoms with Crippen molar-refractivity contribution in [3.63, 3.8) is 0 Å². The number of ether oxygens (including phenoxy) is 1. The first kappa shape index (κ1) is 14.1. The van der Waals surface area contributed by atoms with E-state index >= 15 is 0 Å². The van der Waals surface area contributed by atoms with Crippen LogP contribution in [0, 0.1) is 17.6 Å². The maximum absolute atomic E-state index is 13.4. The fraction of sp³-hybridized carbons (Fsp3) is 0.538. The van der Waals surface area contributed by atoms with Crippen LogP contribution in [0.3, 0.4) is 0 Å². The van der Waals surface area contributed by atoms with Crippen molar-refractivity contribution in [2.45, 2.75) is 26.3 Å². The average Bonchev–Trinajstić information content (AvgIpc) is 2.24. The molecule has 0 aliphatic rings. The number of rotatable bonds is 6. The Morgan fingerprint density at radius 1 is 1.24 bits per heavy atom. The highest BCUT2D eigenvalue weighted by molar-refractivity contribution is 5.22. The minimum absolute atomic E-state index is 0.1000. The maximum atomic E-state index is 13.4. The lowest BCUT2D eigenvalue weighted by molar-refractivity contribution is 0.109. The van der Waals surface area contributed by atoms with Gasteiger partial charge in [0.2, 0.25) is 0 Å². The highest BCUT2D eigenvalue weighted by Gasteiger charge is 2.16. The Hall–Kier alpha value is -1.00. The third-order valence-corrected chi connectivity index (χ3v) is 2.51. The van der Waals surface area contributed by atoms with Crippen LogP contribution in [0.2, 0.25) is 0 Å². The van der Waals surface area contributed by atoms with Gasteiger partial charge in [-0.25, -0.2) is 8.78 Å². The van der Waals surface area contributed by atoms with Crippen LogP contribution in [0.25, 0.3) is 0 Å². The summed E-state index contributed by atoms with van der Waals surface area (Å²) < 4.78 is 32.0. The van der Waals surface area contributed by atoms with E-state index in [1.54, 1.807) is 0 Å². The SMILES string of the molecule is CC(C)CCOCC(N)c1c(F)cccc1F. The van der Waals surface area contributed by atoms with Crippen LogP contribution in [0.5, 0.6) is 0 Å². The van der Waals surface area contributed by atoms with Crippen molar-refractivity contribution in [1.29, 1.82) is 0 Å². The molecule has 2 nitrogen and oxygen atoms in total. The third kappa shape index (κ3) is 4.40. The first-order valence-electron chi connectivity index (χ1n) is 5.79. The van der Waals surface area contributed by atoms with Crippen molar-refractivity contribution in [2.75, 3.05) is 13.2 Å². The van der Waals surface area contributed by atoms with Gasteiger partial charge in [0.15, 0.2) is 0 Å². The van der Waals surface area contributed by atoms with Gasteiger partial charge in [-0.3, -0.25) is 0 Å². The van der Waals surface area contributed by atoms with Crippen LogP contribution in [0.1, 0.15) is 31.9 Å². The number of hydrogen-bond acceptors (Lipinski definition) is 2. The molecule has 0 saturated heterocycles. The molecule has 17 heavy (non-hydrogen) atoms. The normalized spacial score (nSPS) is 13.1. The van der Waals surface area contributed by atoms with Crippen molar-refractivity contribution < 1.29 is 13.5 Å². The molecule has 2 N–H and O–H groups in total. The quantitative estimate of drug-likeness (QED) is 0.779. The lowest BCUT2D eigenvalue weighted by Crippen LogP contribution is -2.20. The zero-order valence-corrected chi connectivity index (χ0v) is 10.2. The highest BCUT2D eigenvalue weighted by atomic mass is 19.1. The van der Waals surface area contributed by atoms with Crippen molar-refractivity contribution in [2.24, 2.45) is 11.7 Å². The van der Waals surface area contributed by atoms with Gasteiger partial charge in [0.1, 0.15) is 11.6 Å². The Kier molecular flexibility index (Phi) is 5.51. The monoisotopic (exact) mass is 243 g/mol. The van der Waals surface area contributed by atoms with E-state index in [2.05, 4.69) is 13.8 Å². The molecule has 0 spiro atoms. The van der Waals surface area contributed by atoms with Gasteiger partial charge in [0.25, 0.3) is 0 Å². The highest BCUT2D eigenvalue weighted by Crippen LogP contribution is 2.19. The Morgan fingerprint density at radius 3 is 2.35 bits per heavy atom. The summed E-state index contributed by atoms with van der Waals surface area (Å²) in [6.07, 6.45) is 0.909. The molecule has 0 aromatic heterocycles. The molecular weight excluding hydrogens is 224 g/mol. The number of hydrogen-bond donors (Lipinski definition) is 1. The van der Waals surface area contributed by atoms with Crippen LogP contribution in [0.4, 0.5) is 8.78 Å². The molecule has 1 rings (SSSR count). The summed E-state index contributed by atoms with van der Waals surface area (Å²) in [5, 5.41) is 0. The molecule has 0 radical (unpaired) electrons. The molecule has 0 fully saturated rings. The fourth-order valence-corrected chi connectivity index (χ4v) is 1.48. The number of benzene rings is 1. The topological polar surface area (TPSA) is 35.2 Å². The lowest BCUT2D eigenvalue weighted by atomic mass is 10.1. The predicted molar refractivity (Wildman–Crippen MR) is 63.6 cm³/mol. The second-order valence-corrected chi connectivity index (χ2v) is 4.50. The first-order valence-corrected chi connectivity index (χ1v) is 5.79. The van der Waals surface area contributed by atoms with E-state index in [1.165, 1.54) is 18.2 Å². The molecule has 0 heterocycles. The van der Waals surface area contributed by atoms with Crippen LogP contribution in [0.15, 0.2) is 18.2 Å². The van der Waals surface area contributed by atoms with E-state index in [9.17, 15) is 8.78 Å². The molecule has 0 amide bonds. The molecule has 96 valence electrons. The van der Waals surface area contributed by atoms with E-state index < -0.39 is 17.7 Å². The first-order chi connectivity index (χ1) is 8.02. The lowest BCUT2D eigenvalue weighted by Gasteiger charge is -2.14. The Morgan fingerprint density at radius 2 is 1.82 bits per heavy atom. The van der Waals surface area contributed by atoms with Gasteiger partial charge in [-0.05, 0) is 24.5 Å². The molecule has 0 aliphatic heterocycles. The van der Waals surface area contributed by atoms with Gasteiger partial charge in [0, 0.05) is 12.2 Å². The minimum atomic E-state index is -0.761. The Balaban J connectivity index is 2.49. The van der Waals surface area contributed by atoms with Crippen molar-refractivity contribution >= 4 is 0 Å². The summed E-state index contributed by atoms with van der Waals surface area (Å²) in [5.41, 5.74) is 5.61. The van der Waals surface area contributed by atoms with E-state index in [4.69, 9.17) is 10.5 Å². The van der Waals surface area contributed by atoms with Crippen LogP contribution in [-0.2, 0) is 4.74 Å². The van der Waals surface area contributed by atoms with Crippen LogP contribution >= 0.6 is 0 Å². The Labute approximate surface area is 101 Å². The van der Waals surface area contributed by atoms with E-state index in [0.29, 0.717) is 12.5 Å². The van der Waals surface area contributed by atoms with E-state index in [-0.39, 0.29) is 12.2 Å². The van der Waals surface area contributed by atoms with Crippen LogP contribution in [-0.4, -0.2) is 13.2 Å². The summed E-state index contributed by atoms with van der Waals surface area (Å²) in [6, 6.07) is 2.96. The number of halogens is 2. The molecule has 0 bridgehead atoms. The van der Waals surface area contributed by atoms with Gasteiger partial charge in [-0.2, -0.15) is 0 Å². The molecule has 0 saturated carbocycles. The van der Waals surface area contributed by atoms with Crippen molar-refractivity contribution in [1.82, 2.24) is 0 Å². The second-order valence-electron chi connectivity index (χ2n) is 4.50. The van der Waals surface area contributed by atoms with Gasteiger partial charge in [-0.15, -0.1) is 0 Å². The van der Waals surface area contributed by atoms with Gasteiger partial charge < -0.3 is 10.5 Å². The average molecular weight is 243 g/mol. The second kappa shape index (κ2) is 6.67. The summed E-state index contributed by atoms with van der Waals surface area (Å²) in [5.74, 6) is -0.702. The molecule has 1 atom stereocenters. The predicted octanol–water partition coefficient (Wildman–Crippen LogP) is 3.03. The van der Waals surface area contributed by atoms with Gasteiger partial charge in [0.05, 0.1) is 12.6 Å². The van der Waals surface area contributed by atoms with E-state index in [0.717, 1.165) is 6.42 Å². The standard InChI is InChI=1S/C13H19F2NO/c1-9(2)6-7-17-8-12(16)13-10(14)4-3-5-11(13)15/h3-5,9,12H,6-8,16H2,1-2H3. The van der Waals surface area contributed by atoms with Gasteiger partial charge in [-0.1, -0.05) is 19.9 Å². The Bertz CT molecular complexity index is 335. The summed E-state index contributed by atoms with van der Waals surface area (Å²) in [7, 11) is 0.